The van der Waals surface area contributed by atoms with Gasteiger partial charge in [0.2, 0.25) is 0 Å². The van der Waals surface area contributed by atoms with Gasteiger partial charge in [-0.25, -0.2) is 4.39 Å². The van der Waals surface area contributed by atoms with E-state index in [0.717, 1.165) is 18.5 Å². The number of rotatable bonds is 6. The molecule has 1 atom stereocenters. The van der Waals surface area contributed by atoms with Crippen LogP contribution in [0.15, 0.2) is 18.2 Å². The number of hydrogen-bond donors (Lipinski definition) is 1. The van der Waals surface area contributed by atoms with Crippen LogP contribution in [-0.2, 0) is 0 Å². The van der Waals surface area contributed by atoms with E-state index in [9.17, 15) is 4.39 Å². The van der Waals surface area contributed by atoms with Crippen molar-refractivity contribution in [3.63, 3.8) is 0 Å². The minimum atomic E-state index is -0.315. The molecule has 18 heavy (non-hydrogen) atoms. The topological polar surface area (TPSA) is 29.3 Å². The lowest BCUT2D eigenvalue weighted by Crippen LogP contribution is -2.32. The molecular weight excluding hydrogens is 251 g/mol. The molecule has 0 saturated carbocycles. The van der Waals surface area contributed by atoms with Crippen molar-refractivity contribution in [1.29, 1.82) is 0 Å². The Labute approximate surface area is 114 Å². The van der Waals surface area contributed by atoms with Crippen LogP contribution in [0, 0.1) is 11.7 Å². The van der Waals surface area contributed by atoms with Gasteiger partial charge in [0, 0.05) is 17.6 Å². The largest absolute Gasteiger partial charge is 0.329 e. The Hall–Kier alpha value is -0.640. The highest BCUT2D eigenvalue weighted by atomic mass is 35.5. The molecule has 0 amide bonds. The minimum Gasteiger partial charge on any atom is -0.329 e. The first kappa shape index (κ1) is 15.4. The smallest absolute Gasteiger partial charge is 0.124 e. The van der Waals surface area contributed by atoms with E-state index >= 15 is 0 Å². The SMILES string of the molecule is CC(C)CCN(C)C(CN)c1ccc(F)cc1Cl. The molecular formula is C14H22ClFN2. The van der Waals surface area contributed by atoms with Gasteiger partial charge in [-0.15, -0.1) is 0 Å². The Balaban J connectivity index is 2.81. The summed E-state index contributed by atoms with van der Waals surface area (Å²) in [5, 5.41) is 0.446. The molecule has 1 aromatic carbocycles. The molecule has 0 aliphatic heterocycles. The zero-order valence-electron chi connectivity index (χ0n) is 11.3. The van der Waals surface area contributed by atoms with Crippen LogP contribution in [-0.4, -0.2) is 25.0 Å². The second kappa shape index (κ2) is 7.07. The average molecular weight is 273 g/mol. The second-order valence-electron chi connectivity index (χ2n) is 5.08. The van der Waals surface area contributed by atoms with Crippen LogP contribution < -0.4 is 5.73 Å². The third-order valence-electron chi connectivity index (χ3n) is 3.14. The molecule has 0 radical (unpaired) electrons. The van der Waals surface area contributed by atoms with Crippen LogP contribution in [0.1, 0.15) is 31.9 Å². The van der Waals surface area contributed by atoms with Gasteiger partial charge in [-0.2, -0.15) is 0 Å². The Morgan fingerprint density at radius 3 is 2.56 bits per heavy atom. The molecule has 1 unspecified atom stereocenters. The average Bonchev–Trinajstić information content (AvgIpc) is 2.30. The lowest BCUT2D eigenvalue weighted by atomic mass is 10.0. The van der Waals surface area contributed by atoms with Crippen molar-refractivity contribution in [2.75, 3.05) is 20.1 Å². The molecule has 102 valence electrons. The van der Waals surface area contributed by atoms with E-state index in [2.05, 4.69) is 18.7 Å². The van der Waals surface area contributed by atoms with Gasteiger partial charge in [0.1, 0.15) is 5.82 Å². The maximum absolute atomic E-state index is 13.0. The number of hydrogen-bond acceptors (Lipinski definition) is 2. The van der Waals surface area contributed by atoms with Crippen molar-refractivity contribution in [1.82, 2.24) is 4.90 Å². The summed E-state index contributed by atoms with van der Waals surface area (Å²) >= 11 is 6.09. The summed E-state index contributed by atoms with van der Waals surface area (Å²) in [6.45, 7) is 5.81. The van der Waals surface area contributed by atoms with E-state index in [1.54, 1.807) is 6.07 Å². The number of likely N-dealkylation sites (N-methyl/N-ethyl adjacent to an activating group) is 1. The van der Waals surface area contributed by atoms with Crippen molar-refractivity contribution in [2.24, 2.45) is 11.7 Å². The van der Waals surface area contributed by atoms with E-state index in [1.165, 1.54) is 12.1 Å². The first-order chi connectivity index (χ1) is 8.45. The van der Waals surface area contributed by atoms with Crippen molar-refractivity contribution in [3.05, 3.63) is 34.6 Å². The fourth-order valence-corrected chi connectivity index (χ4v) is 2.23. The molecule has 1 rings (SSSR count). The van der Waals surface area contributed by atoms with Gasteiger partial charge in [0.25, 0.3) is 0 Å². The lowest BCUT2D eigenvalue weighted by Gasteiger charge is -2.28. The van der Waals surface area contributed by atoms with Crippen LogP contribution in [0.3, 0.4) is 0 Å². The number of nitrogens with zero attached hydrogens (tertiary/aromatic N) is 1. The standard InChI is InChI=1S/C14H22ClFN2/c1-10(2)6-7-18(3)14(9-17)12-5-4-11(16)8-13(12)15/h4-5,8,10,14H,6-7,9,17H2,1-3H3. The van der Waals surface area contributed by atoms with Gasteiger partial charge in [0.15, 0.2) is 0 Å². The summed E-state index contributed by atoms with van der Waals surface area (Å²) in [4.78, 5) is 2.18. The molecule has 0 fully saturated rings. The Morgan fingerprint density at radius 1 is 1.39 bits per heavy atom. The van der Waals surface area contributed by atoms with Gasteiger partial charge >= 0.3 is 0 Å². The third-order valence-corrected chi connectivity index (χ3v) is 3.46. The molecule has 0 saturated heterocycles. The van der Waals surface area contributed by atoms with Crippen molar-refractivity contribution >= 4 is 11.6 Å². The van der Waals surface area contributed by atoms with Gasteiger partial charge in [-0.1, -0.05) is 31.5 Å². The Bertz CT molecular complexity index is 382. The quantitative estimate of drug-likeness (QED) is 0.859. The van der Waals surface area contributed by atoms with Gasteiger partial charge in [-0.05, 0) is 43.6 Å². The van der Waals surface area contributed by atoms with Gasteiger partial charge in [0.05, 0.1) is 0 Å². The number of halogens is 2. The molecule has 2 nitrogen and oxygen atoms in total. The van der Waals surface area contributed by atoms with E-state index in [-0.39, 0.29) is 11.9 Å². The predicted octanol–water partition coefficient (Wildman–Crippen LogP) is 3.46. The van der Waals surface area contributed by atoms with Gasteiger partial charge < -0.3 is 5.73 Å². The maximum atomic E-state index is 13.0. The molecule has 4 heteroatoms. The van der Waals surface area contributed by atoms with E-state index in [4.69, 9.17) is 17.3 Å². The highest BCUT2D eigenvalue weighted by Gasteiger charge is 2.18. The number of benzene rings is 1. The van der Waals surface area contributed by atoms with Crippen molar-refractivity contribution < 1.29 is 4.39 Å². The van der Waals surface area contributed by atoms with Crippen molar-refractivity contribution in [3.8, 4) is 0 Å². The van der Waals surface area contributed by atoms with E-state index in [0.29, 0.717) is 17.5 Å². The number of nitrogens with two attached hydrogens (primary N) is 1. The Morgan fingerprint density at radius 2 is 2.06 bits per heavy atom. The van der Waals surface area contributed by atoms with Crippen LogP contribution >= 0.6 is 11.6 Å². The zero-order chi connectivity index (χ0) is 13.7. The predicted molar refractivity (Wildman–Crippen MR) is 75.3 cm³/mol. The van der Waals surface area contributed by atoms with Crippen LogP contribution in [0.5, 0.6) is 0 Å². The summed E-state index contributed by atoms with van der Waals surface area (Å²) in [6, 6.07) is 4.54. The molecule has 2 N–H and O–H groups in total. The molecule has 0 aliphatic carbocycles. The Kier molecular flexibility index (Phi) is 6.06. The molecule has 0 spiro atoms. The summed E-state index contributed by atoms with van der Waals surface area (Å²) in [5.41, 5.74) is 6.72. The lowest BCUT2D eigenvalue weighted by molar-refractivity contribution is 0.236. The highest BCUT2D eigenvalue weighted by Crippen LogP contribution is 2.27. The fraction of sp³-hybridized carbons (Fsp3) is 0.571. The molecule has 0 heterocycles. The minimum absolute atomic E-state index is 0.0387. The first-order valence-corrected chi connectivity index (χ1v) is 6.68. The first-order valence-electron chi connectivity index (χ1n) is 6.31. The monoisotopic (exact) mass is 272 g/mol. The summed E-state index contributed by atoms with van der Waals surface area (Å²) in [6.07, 6.45) is 1.10. The summed E-state index contributed by atoms with van der Waals surface area (Å²) in [7, 11) is 2.03. The molecule has 0 bridgehead atoms. The van der Waals surface area contributed by atoms with Gasteiger partial charge in [-0.3, -0.25) is 4.90 Å². The maximum Gasteiger partial charge on any atom is 0.124 e. The summed E-state index contributed by atoms with van der Waals surface area (Å²) in [5.74, 6) is 0.332. The summed E-state index contributed by atoms with van der Waals surface area (Å²) < 4.78 is 13.0. The van der Waals surface area contributed by atoms with Crippen LogP contribution in [0.2, 0.25) is 5.02 Å². The highest BCUT2D eigenvalue weighted by molar-refractivity contribution is 6.31. The zero-order valence-corrected chi connectivity index (χ0v) is 12.0. The normalized spacial score (nSPS) is 13.3. The third kappa shape index (κ3) is 4.23. The fourth-order valence-electron chi connectivity index (χ4n) is 1.93. The van der Waals surface area contributed by atoms with Crippen molar-refractivity contribution in [2.45, 2.75) is 26.3 Å². The van der Waals surface area contributed by atoms with E-state index in [1.807, 2.05) is 7.05 Å². The second-order valence-corrected chi connectivity index (χ2v) is 5.49. The molecule has 1 aromatic rings. The molecule has 0 aliphatic rings. The van der Waals surface area contributed by atoms with E-state index < -0.39 is 0 Å². The molecule has 0 aromatic heterocycles. The van der Waals surface area contributed by atoms with Crippen LogP contribution in [0.4, 0.5) is 4.39 Å². The van der Waals surface area contributed by atoms with Crippen LogP contribution in [0.25, 0.3) is 0 Å².